The van der Waals surface area contributed by atoms with Crippen LogP contribution < -0.4 is 10.6 Å². The molecular weight excluding hydrogens is 402 g/mol. The second-order valence-corrected chi connectivity index (χ2v) is 8.14. The van der Waals surface area contributed by atoms with Gasteiger partial charge in [0.2, 0.25) is 0 Å². The van der Waals surface area contributed by atoms with E-state index in [1.807, 2.05) is 40.9 Å². The molecule has 1 aliphatic heterocycles. The summed E-state index contributed by atoms with van der Waals surface area (Å²) in [5, 5.41) is 5.37. The number of thiophene rings is 1. The number of nitrogens with zero attached hydrogens (tertiary/aromatic N) is 1. The zero-order valence-electron chi connectivity index (χ0n) is 15.4. The maximum absolute atomic E-state index is 12.8. The van der Waals surface area contributed by atoms with Crippen molar-refractivity contribution < 1.29 is 23.9 Å². The van der Waals surface area contributed by atoms with E-state index in [1.165, 1.54) is 7.11 Å². The van der Waals surface area contributed by atoms with Crippen LogP contribution in [0.25, 0.3) is 5.00 Å². The van der Waals surface area contributed by atoms with Crippen LogP contribution in [0, 0.1) is 0 Å². The van der Waals surface area contributed by atoms with Crippen LogP contribution >= 0.6 is 23.1 Å². The molecule has 8 nitrogen and oxygen atoms in total. The minimum atomic E-state index is -0.689. The fourth-order valence-electron chi connectivity index (χ4n) is 2.76. The van der Waals surface area contributed by atoms with E-state index in [-0.39, 0.29) is 6.54 Å². The lowest BCUT2D eigenvalue weighted by atomic mass is 10.1. The number of imide groups is 1. The summed E-state index contributed by atoms with van der Waals surface area (Å²) >= 11 is 3.40. The van der Waals surface area contributed by atoms with Gasteiger partial charge in [0.25, 0.3) is 5.91 Å². The first-order valence-electron chi connectivity index (χ1n) is 8.69. The lowest BCUT2D eigenvalue weighted by Gasteiger charge is -2.12. The van der Waals surface area contributed by atoms with Gasteiger partial charge in [-0.05, 0) is 29.9 Å². The normalized spacial score (nSPS) is 12.9. The Labute approximate surface area is 170 Å². The van der Waals surface area contributed by atoms with Gasteiger partial charge in [-0.1, -0.05) is 0 Å². The molecule has 2 aromatic heterocycles. The lowest BCUT2D eigenvalue weighted by molar-refractivity contribution is -0.123. The molecule has 0 fully saturated rings. The van der Waals surface area contributed by atoms with Crippen LogP contribution in [0.2, 0.25) is 0 Å². The number of hydrogen-bond acceptors (Lipinski definition) is 7. The average Bonchev–Trinajstić information content (AvgIpc) is 3.33. The molecule has 28 heavy (non-hydrogen) atoms. The molecule has 0 bridgehead atoms. The van der Waals surface area contributed by atoms with Crippen LogP contribution in [-0.4, -0.2) is 55.1 Å². The third-order valence-electron chi connectivity index (χ3n) is 4.02. The van der Waals surface area contributed by atoms with Crippen molar-refractivity contribution >= 4 is 41.0 Å². The van der Waals surface area contributed by atoms with Gasteiger partial charge in [0.1, 0.15) is 5.00 Å². The molecule has 0 unspecified atom stereocenters. The van der Waals surface area contributed by atoms with E-state index in [1.54, 1.807) is 11.3 Å². The van der Waals surface area contributed by atoms with Crippen molar-refractivity contribution in [3.8, 4) is 5.00 Å². The summed E-state index contributed by atoms with van der Waals surface area (Å²) < 4.78 is 11.9. The largest absolute Gasteiger partial charge is 0.452 e. The standard InChI is InChI=1S/C18H21N3O5S2/c1-25-8-5-19-18(24)20-14(22)10-26-17(23)15-12-4-9-27-11-13(12)28-16(15)21-6-2-3-7-21/h2-3,6-7H,4-5,8-11H2,1H3,(H2,19,20,22,24). The molecule has 10 heteroatoms. The summed E-state index contributed by atoms with van der Waals surface area (Å²) in [5.41, 5.74) is 1.50. The maximum Gasteiger partial charge on any atom is 0.341 e. The molecule has 0 aliphatic carbocycles. The summed E-state index contributed by atoms with van der Waals surface area (Å²) in [6.07, 6.45) is 4.53. The van der Waals surface area contributed by atoms with Crippen LogP contribution in [0.15, 0.2) is 24.5 Å². The van der Waals surface area contributed by atoms with Crippen molar-refractivity contribution in [2.24, 2.45) is 0 Å². The maximum atomic E-state index is 12.8. The number of amides is 3. The first-order chi connectivity index (χ1) is 13.6. The first-order valence-corrected chi connectivity index (χ1v) is 10.7. The molecule has 3 rings (SSSR count). The molecule has 150 valence electrons. The van der Waals surface area contributed by atoms with Gasteiger partial charge in [0.15, 0.2) is 6.61 Å². The third kappa shape index (κ3) is 4.94. The van der Waals surface area contributed by atoms with E-state index in [0.29, 0.717) is 12.2 Å². The van der Waals surface area contributed by atoms with Crippen molar-refractivity contribution in [1.82, 2.24) is 15.2 Å². The van der Waals surface area contributed by atoms with Crippen molar-refractivity contribution in [1.29, 1.82) is 0 Å². The number of esters is 1. The lowest BCUT2D eigenvalue weighted by Crippen LogP contribution is -2.42. The van der Waals surface area contributed by atoms with E-state index >= 15 is 0 Å². The Balaban J connectivity index is 1.65. The summed E-state index contributed by atoms with van der Waals surface area (Å²) in [5.74, 6) is 0.564. The predicted octanol–water partition coefficient (Wildman–Crippen LogP) is 1.96. The molecule has 0 saturated heterocycles. The van der Waals surface area contributed by atoms with Crippen LogP contribution in [0.3, 0.4) is 0 Å². The van der Waals surface area contributed by atoms with Crippen molar-refractivity contribution in [3.63, 3.8) is 0 Å². The fraction of sp³-hybridized carbons (Fsp3) is 0.389. The summed E-state index contributed by atoms with van der Waals surface area (Å²) in [6, 6.07) is 3.12. The third-order valence-corrected chi connectivity index (χ3v) is 6.44. The zero-order chi connectivity index (χ0) is 19.9. The molecule has 2 aromatic rings. The molecule has 1 aliphatic rings. The zero-order valence-corrected chi connectivity index (χ0v) is 17.0. The Bertz CT molecular complexity index is 848. The quantitative estimate of drug-likeness (QED) is 0.522. The second kappa shape index (κ2) is 9.76. The molecule has 3 heterocycles. The number of aromatic nitrogens is 1. The number of nitrogens with one attached hydrogen (secondary N) is 2. The number of rotatable bonds is 7. The molecule has 0 atom stereocenters. The number of carbonyl (C=O) groups is 3. The minimum absolute atomic E-state index is 0.273. The molecule has 0 spiro atoms. The Hall–Kier alpha value is -2.30. The van der Waals surface area contributed by atoms with Crippen molar-refractivity contribution in [3.05, 3.63) is 40.5 Å². The SMILES string of the molecule is COCCNC(=O)NC(=O)COC(=O)c1c(-n2cccc2)sc2c1CCSC2. The smallest absolute Gasteiger partial charge is 0.341 e. The second-order valence-electron chi connectivity index (χ2n) is 5.95. The molecule has 3 amide bonds. The van der Waals surface area contributed by atoms with Crippen LogP contribution in [0.4, 0.5) is 4.79 Å². The highest BCUT2D eigenvalue weighted by atomic mass is 32.2. The minimum Gasteiger partial charge on any atom is -0.452 e. The summed E-state index contributed by atoms with van der Waals surface area (Å²) in [6.45, 7) is 0.0794. The van der Waals surface area contributed by atoms with Gasteiger partial charge in [-0.3, -0.25) is 10.1 Å². The monoisotopic (exact) mass is 423 g/mol. The van der Waals surface area contributed by atoms with Crippen LogP contribution in [0.1, 0.15) is 20.8 Å². The number of methoxy groups -OCH3 is 1. The molecule has 0 radical (unpaired) electrons. The molecule has 0 saturated carbocycles. The average molecular weight is 424 g/mol. The Morgan fingerprint density at radius 1 is 1.25 bits per heavy atom. The van der Waals surface area contributed by atoms with Crippen molar-refractivity contribution in [2.45, 2.75) is 12.2 Å². The highest BCUT2D eigenvalue weighted by molar-refractivity contribution is 7.98. The van der Waals surface area contributed by atoms with Gasteiger partial charge in [-0.2, -0.15) is 11.8 Å². The van der Waals surface area contributed by atoms with Crippen LogP contribution in [0.5, 0.6) is 0 Å². The van der Waals surface area contributed by atoms with Crippen molar-refractivity contribution in [2.75, 3.05) is 32.6 Å². The van der Waals surface area contributed by atoms with E-state index in [0.717, 1.165) is 33.4 Å². The Morgan fingerprint density at radius 2 is 2.04 bits per heavy atom. The Kier molecular flexibility index (Phi) is 7.12. The fourth-order valence-corrected chi connectivity index (χ4v) is 5.19. The molecule has 2 N–H and O–H groups in total. The molecular formula is C18H21N3O5S2. The van der Waals surface area contributed by atoms with Gasteiger partial charge >= 0.3 is 12.0 Å². The summed E-state index contributed by atoms with van der Waals surface area (Å²) in [7, 11) is 1.51. The topological polar surface area (TPSA) is 98.7 Å². The summed E-state index contributed by atoms with van der Waals surface area (Å²) in [4.78, 5) is 37.4. The van der Waals surface area contributed by atoms with E-state index in [9.17, 15) is 14.4 Å². The highest BCUT2D eigenvalue weighted by Gasteiger charge is 2.27. The van der Waals surface area contributed by atoms with Crippen LogP contribution in [-0.2, 0) is 26.4 Å². The van der Waals surface area contributed by atoms with Gasteiger partial charge in [0, 0.05) is 36.7 Å². The van der Waals surface area contributed by atoms with E-state index in [4.69, 9.17) is 9.47 Å². The van der Waals surface area contributed by atoms with E-state index in [2.05, 4.69) is 10.6 Å². The molecule has 0 aromatic carbocycles. The van der Waals surface area contributed by atoms with Gasteiger partial charge in [-0.25, -0.2) is 9.59 Å². The number of thioether (sulfide) groups is 1. The van der Waals surface area contributed by atoms with Gasteiger partial charge in [0.05, 0.1) is 12.2 Å². The number of carbonyl (C=O) groups excluding carboxylic acids is 3. The number of fused-ring (bicyclic) bond motifs is 1. The van der Waals surface area contributed by atoms with E-state index < -0.39 is 24.5 Å². The van der Waals surface area contributed by atoms with Gasteiger partial charge < -0.3 is 19.4 Å². The number of hydrogen-bond donors (Lipinski definition) is 2. The first kappa shape index (κ1) is 20.4. The number of ether oxygens (including phenoxy) is 2. The van der Waals surface area contributed by atoms with Gasteiger partial charge in [-0.15, -0.1) is 11.3 Å². The highest BCUT2D eigenvalue weighted by Crippen LogP contribution is 2.38. The number of urea groups is 1. The predicted molar refractivity (Wildman–Crippen MR) is 107 cm³/mol. The Morgan fingerprint density at radius 3 is 2.79 bits per heavy atom.